The number of aliphatic hydroxyl groups is 1. The molecule has 28 heavy (non-hydrogen) atoms. The van der Waals surface area contributed by atoms with Crippen LogP contribution in [0, 0.1) is 0 Å². The Kier molecular flexibility index (Phi) is 4.87. The third-order valence-corrected chi connectivity index (χ3v) is 4.64. The normalized spacial score (nSPS) is 12.1. The van der Waals surface area contributed by atoms with E-state index in [0.717, 1.165) is 21.9 Å². The summed E-state index contributed by atoms with van der Waals surface area (Å²) in [4.78, 5) is 12.5. The number of methoxy groups -OCH3 is 1. The van der Waals surface area contributed by atoms with E-state index in [1.54, 1.807) is 13.2 Å². The summed E-state index contributed by atoms with van der Waals surface area (Å²) in [5.41, 5.74) is 2.72. The number of nitrogens with one attached hydrogen (secondary N) is 2. The molecular formula is C22H20N2O4. The van der Waals surface area contributed by atoms with E-state index in [2.05, 4.69) is 10.6 Å². The fourth-order valence-electron chi connectivity index (χ4n) is 3.25. The first-order valence-electron chi connectivity index (χ1n) is 8.92. The molecule has 4 rings (SSSR count). The van der Waals surface area contributed by atoms with Crippen molar-refractivity contribution in [1.29, 1.82) is 0 Å². The molecule has 0 radical (unpaired) electrons. The lowest BCUT2D eigenvalue weighted by Crippen LogP contribution is -2.34. The zero-order valence-corrected chi connectivity index (χ0v) is 15.3. The monoisotopic (exact) mass is 376 g/mol. The molecule has 6 nitrogen and oxygen atoms in total. The number of para-hydroxylation sites is 1. The molecule has 3 aromatic carbocycles. The summed E-state index contributed by atoms with van der Waals surface area (Å²) in [6, 6.07) is 19.7. The number of carbonyl (C=O) groups excluding carboxylic acids is 1. The highest BCUT2D eigenvalue weighted by molar-refractivity contribution is 6.07. The molecule has 0 aliphatic carbocycles. The zero-order chi connectivity index (χ0) is 19.5. The predicted molar refractivity (Wildman–Crippen MR) is 109 cm³/mol. The summed E-state index contributed by atoms with van der Waals surface area (Å²) in [7, 11) is 1.55. The van der Waals surface area contributed by atoms with Gasteiger partial charge in [0.25, 0.3) is 0 Å². The minimum absolute atomic E-state index is 0.211. The minimum atomic E-state index is -0.512. The number of aliphatic hydroxyl groups excluding tert-OH is 1. The van der Waals surface area contributed by atoms with Gasteiger partial charge in [0.2, 0.25) is 0 Å². The summed E-state index contributed by atoms with van der Waals surface area (Å²) in [5, 5.41) is 17.1. The maximum absolute atomic E-state index is 12.5. The second-order valence-electron chi connectivity index (χ2n) is 6.39. The average molecular weight is 376 g/mol. The Morgan fingerprint density at radius 2 is 1.79 bits per heavy atom. The van der Waals surface area contributed by atoms with E-state index in [4.69, 9.17) is 9.15 Å². The number of benzene rings is 3. The summed E-state index contributed by atoms with van der Waals surface area (Å²) in [6.07, 6.45) is 0. The van der Waals surface area contributed by atoms with Gasteiger partial charge >= 0.3 is 6.03 Å². The molecule has 4 aromatic rings. The Balaban J connectivity index is 1.61. The van der Waals surface area contributed by atoms with Gasteiger partial charge in [0.15, 0.2) is 0 Å². The molecule has 0 fully saturated rings. The first kappa shape index (κ1) is 17.9. The molecule has 2 amide bonds. The highest BCUT2D eigenvalue weighted by atomic mass is 16.5. The molecule has 1 atom stereocenters. The van der Waals surface area contributed by atoms with Crippen molar-refractivity contribution in [2.24, 2.45) is 0 Å². The second-order valence-corrected chi connectivity index (χ2v) is 6.39. The molecule has 0 unspecified atom stereocenters. The summed E-state index contributed by atoms with van der Waals surface area (Å²) >= 11 is 0. The smallest absolute Gasteiger partial charge is 0.319 e. The molecule has 0 aliphatic rings. The van der Waals surface area contributed by atoms with Crippen molar-refractivity contribution in [3.8, 4) is 5.75 Å². The average Bonchev–Trinajstić information content (AvgIpc) is 3.09. The number of urea groups is 1. The highest BCUT2D eigenvalue weighted by Crippen LogP contribution is 2.36. The number of fused-ring (bicyclic) bond motifs is 3. The number of amides is 2. The summed E-state index contributed by atoms with van der Waals surface area (Å²) < 4.78 is 11.3. The van der Waals surface area contributed by atoms with Gasteiger partial charge in [0.1, 0.15) is 16.9 Å². The fourth-order valence-corrected chi connectivity index (χ4v) is 3.25. The Bertz CT molecular complexity index is 1120. The van der Waals surface area contributed by atoms with Crippen LogP contribution < -0.4 is 15.4 Å². The van der Waals surface area contributed by atoms with Crippen LogP contribution in [-0.2, 0) is 0 Å². The lowest BCUT2D eigenvalue weighted by Gasteiger charge is -2.18. The number of hydrogen-bond donors (Lipinski definition) is 3. The van der Waals surface area contributed by atoms with Crippen LogP contribution in [0.3, 0.4) is 0 Å². The van der Waals surface area contributed by atoms with Gasteiger partial charge in [0, 0.05) is 16.8 Å². The third-order valence-electron chi connectivity index (χ3n) is 4.64. The molecule has 6 heteroatoms. The van der Waals surface area contributed by atoms with Crippen LogP contribution in [0.4, 0.5) is 10.5 Å². The number of ether oxygens (including phenoxy) is 1. The zero-order valence-electron chi connectivity index (χ0n) is 15.3. The van der Waals surface area contributed by atoms with Crippen LogP contribution in [-0.4, -0.2) is 24.9 Å². The second kappa shape index (κ2) is 7.62. The van der Waals surface area contributed by atoms with Gasteiger partial charge in [-0.2, -0.15) is 0 Å². The van der Waals surface area contributed by atoms with Crippen LogP contribution in [0.5, 0.6) is 5.75 Å². The van der Waals surface area contributed by atoms with Crippen LogP contribution >= 0.6 is 0 Å². The van der Waals surface area contributed by atoms with Gasteiger partial charge in [-0.05, 0) is 17.7 Å². The Labute approximate surface area is 161 Å². The Morgan fingerprint density at radius 3 is 2.54 bits per heavy atom. The Hall–Kier alpha value is -3.51. The van der Waals surface area contributed by atoms with Crippen molar-refractivity contribution >= 4 is 33.7 Å². The SMILES string of the molecule is COc1cc2c(cc1NC(=O)N[C@H](CO)c1ccccc1)oc1ccccc12. The maximum Gasteiger partial charge on any atom is 0.319 e. The molecule has 0 bridgehead atoms. The lowest BCUT2D eigenvalue weighted by molar-refractivity contribution is 0.225. The van der Waals surface area contributed by atoms with Gasteiger partial charge < -0.3 is 24.9 Å². The van der Waals surface area contributed by atoms with Crippen molar-refractivity contribution in [3.05, 3.63) is 72.3 Å². The van der Waals surface area contributed by atoms with Crippen molar-refractivity contribution in [2.75, 3.05) is 19.0 Å². The predicted octanol–water partition coefficient (Wildman–Crippen LogP) is 4.45. The molecular weight excluding hydrogens is 356 g/mol. The van der Waals surface area contributed by atoms with Crippen LogP contribution in [0.2, 0.25) is 0 Å². The van der Waals surface area contributed by atoms with E-state index < -0.39 is 12.1 Å². The topological polar surface area (TPSA) is 83.7 Å². The molecule has 3 N–H and O–H groups in total. The van der Waals surface area contributed by atoms with Gasteiger partial charge in [-0.25, -0.2) is 4.79 Å². The van der Waals surface area contributed by atoms with E-state index in [9.17, 15) is 9.90 Å². The van der Waals surface area contributed by atoms with Crippen molar-refractivity contribution in [1.82, 2.24) is 5.32 Å². The van der Waals surface area contributed by atoms with Gasteiger partial charge in [0.05, 0.1) is 25.4 Å². The molecule has 1 heterocycles. The van der Waals surface area contributed by atoms with Gasteiger partial charge in [-0.3, -0.25) is 0 Å². The fraction of sp³-hybridized carbons (Fsp3) is 0.136. The first-order chi connectivity index (χ1) is 13.7. The molecule has 0 aliphatic heterocycles. The van der Waals surface area contributed by atoms with E-state index in [-0.39, 0.29) is 6.61 Å². The van der Waals surface area contributed by atoms with Crippen LogP contribution in [0.15, 0.2) is 71.1 Å². The molecule has 0 spiro atoms. The maximum atomic E-state index is 12.5. The Morgan fingerprint density at radius 1 is 1.04 bits per heavy atom. The number of furan rings is 1. The number of rotatable bonds is 5. The van der Waals surface area contributed by atoms with Crippen molar-refractivity contribution < 1.29 is 19.1 Å². The van der Waals surface area contributed by atoms with E-state index in [1.807, 2.05) is 60.7 Å². The minimum Gasteiger partial charge on any atom is -0.495 e. The molecule has 0 saturated heterocycles. The quantitative estimate of drug-likeness (QED) is 0.480. The molecule has 142 valence electrons. The van der Waals surface area contributed by atoms with E-state index >= 15 is 0 Å². The van der Waals surface area contributed by atoms with Gasteiger partial charge in [-0.1, -0.05) is 48.5 Å². The van der Waals surface area contributed by atoms with Crippen LogP contribution in [0.1, 0.15) is 11.6 Å². The summed E-state index contributed by atoms with van der Waals surface area (Å²) in [6.45, 7) is -0.211. The first-order valence-corrected chi connectivity index (χ1v) is 8.92. The number of carbonyl (C=O) groups is 1. The highest BCUT2D eigenvalue weighted by Gasteiger charge is 2.17. The van der Waals surface area contributed by atoms with Crippen molar-refractivity contribution in [2.45, 2.75) is 6.04 Å². The van der Waals surface area contributed by atoms with E-state index in [1.165, 1.54) is 0 Å². The van der Waals surface area contributed by atoms with Gasteiger partial charge in [-0.15, -0.1) is 0 Å². The largest absolute Gasteiger partial charge is 0.495 e. The van der Waals surface area contributed by atoms with E-state index in [0.29, 0.717) is 17.0 Å². The summed E-state index contributed by atoms with van der Waals surface area (Å²) in [5.74, 6) is 0.523. The number of hydrogen-bond acceptors (Lipinski definition) is 4. The molecule has 1 aromatic heterocycles. The number of anilines is 1. The molecule has 0 saturated carbocycles. The van der Waals surface area contributed by atoms with Crippen molar-refractivity contribution in [3.63, 3.8) is 0 Å². The lowest BCUT2D eigenvalue weighted by atomic mass is 10.1. The third kappa shape index (κ3) is 3.37. The standard InChI is InChI=1S/C22H20N2O4/c1-27-21-11-16-15-9-5-6-10-19(15)28-20(16)12-17(21)23-22(26)24-18(13-25)14-7-3-2-4-8-14/h2-12,18,25H,13H2,1H3,(H2,23,24,26)/t18-/m1/s1. The van der Waals surface area contributed by atoms with Crippen LogP contribution in [0.25, 0.3) is 21.9 Å².